The summed E-state index contributed by atoms with van der Waals surface area (Å²) < 4.78 is 25.8. The molecule has 1 fully saturated rings. The Hall–Kier alpha value is -1.93. The van der Waals surface area contributed by atoms with Crippen LogP contribution in [0.5, 0.6) is 0 Å². The maximum Gasteiger partial charge on any atom is 0.264 e. The van der Waals surface area contributed by atoms with Crippen LogP contribution >= 0.6 is 11.3 Å². The van der Waals surface area contributed by atoms with Crippen LogP contribution in [-0.2, 0) is 15.4 Å². The molecule has 1 saturated heterocycles. The summed E-state index contributed by atoms with van der Waals surface area (Å²) in [6.45, 7) is 3.40. The first-order valence-electron chi connectivity index (χ1n) is 8.08. The van der Waals surface area contributed by atoms with Gasteiger partial charge in [-0.15, -0.1) is 11.3 Å². The molecule has 1 unspecified atom stereocenters. The molecule has 1 spiro atoms. The zero-order chi connectivity index (χ0) is 17.8. The van der Waals surface area contributed by atoms with Gasteiger partial charge in [-0.1, -0.05) is 0 Å². The molecule has 1 atom stereocenters. The largest absolute Gasteiger partial charge is 0.337 e. The van der Waals surface area contributed by atoms with Crippen LogP contribution in [0.4, 0.5) is 5.69 Å². The lowest BCUT2D eigenvalue weighted by atomic mass is 9.85. The molecule has 0 saturated carbocycles. The van der Waals surface area contributed by atoms with Crippen LogP contribution in [0.3, 0.4) is 0 Å². The van der Waals surface area contributed by atoms with Crippen LogP contribution in [-0.4, -0.2) is 50.1 Å². The zero-order valence-electron chi connectivity index (χ0n) is 14.1. The van der Waals surface area contributed by atoms with E-state index in [0.717, 1.165) is 22.6 Å². The first-order valence-corrected chi connectivity index (χ1v) is 10.8. The molecule has 2 aromatic rings. The number of nitrogens with zero attached hydrogens (tertiary/aromatic N) is 3. The van der Waals surface area contributed by atoms with Crippen molar-refractivity contribution in [3.63, 3.8) is 0 Å². The second-order valence-corrected chi connectivity index (χ2v) is 9.65. The van der Waals surface area contributed by atoms with E-state index in [2.05, 4.69) is 4.98 Å². The van der Waals surface area contributed by atoms with Gasteiger partial charge in [0.25, 0.3) is 5.91 Å². The first kappa shape index (κ1) is 16.5. The summed E-state index contributed by atoms with van der Waals surface area (Å²) >= 11 is 1.45. The van der Waals surface area contributed by atoms with E-state index in [1.165, 1.54) is 21.9 Å². The van der Waals surface area contributed by atoms with E-state index in [1.54, 1.807) is 18.3 Å². The standard InChI is InChI=1S/C17H19N3O3S2/c1-12-5-9-24-14(12)16(21)19-8-6-17(10-19)11-20(25(2,22)23)13-4-3-7-18-15(13)17/h3-5,7,9H,6,8,10-11H2,1-2H3. The molecule has 0 N–H and O–H groups in total. The third kappa shape index (κ3) is 2.55. The molecule has 0 aliphatic carbocycles. The molecule has 8 heteroatoms. The summed E-state index contributed by atoms with van der Waals surface area (Å²) in [5, 5.41) is 1.92. The summed E-state index contributed by atoms with van der Waals surface area (Å²) in [5.41, 5.74) is 2.00. The Morgan fingerprint density at radius 1 is 1.32 bits per heavy atom. The number of aryl methyl sites for hydroxylation is 1. The fraction of sp³-hybridized carbons (Fsp3) is 0.412. The first-order chi connectivity index (χ1) is 11.8. The van der Waals surface area contributed by atoms with Gasteiger partial charge in [-0.05, 0) is 42.5 Å². The van der Waals surface area contributed by atoms with Gasteiger partial charge >= 0.3 is 0 Å². The van der Waals surface area contributed by atoms with E-state index in [4.69, 9.17) is 0 Å². The summed E-state index contributed by atoms with van der Waals surface area (Å²) in [5.74, 6) is 0.0275. The lowest BCUT2D eigenvalue weighted by Crippen LogP contribution is -2.40. The van der Waals surface area contributed by atoms with Crippen molar-refractivity contribution in [2.45, 2.75) is 18.8 Å². The number of hydrogen-bond acceptors (Lipinski definition) is 5. The normalized spacial score (nSPS) is 22.6. The molecule has 0 radical (unpaired) electrons. The third-order valence-corrected chi connectivity index (χ3v) is 7.23. The third-order valence-electron chi connectivity index (χ3n) is 5.10. The van der Waals surface area contributed by atoms with Crippen LogP contribution in [0.1, 0.15) is 27.3 Å². The van der Waals surface area contributed by atoms with Crippen molar-refractivity contribution in [1.82, 2.24) is 9.88 Å². The van der Waals surface area contributed by atoms with E-state index in [-0.39, 0.29) is 5.91 Å². The molecule has 132 valence electrons. The van der Waals surface area contributed by atoms with Gasteiger partial charge in [0.1, 0.15) is 0 Å². The van der Waals surface area contributed by atoms with Gasteiger partial charge in [0, 0.05) is 25.8 Å². The van der Waals surface area contributed by atoms with Crippen LogP contribution < -0.4 is 4.31 Å². The number of amides is 1. The number of pyridine rings is 1. The van der Waals surface area contributed by atoms with Gasteiger partial charge in [0.2, 0.25) is 10.0 Å². The predicted molar refractivity (Wildman–Crippen MR) is 97.7 cm³/mol. The van der Waals surface area contributed by atoms with Crippen molar-refractivity contribution >= 4 is 33.0 Å². The van der Waals surface area contributed by atoms with Crippen molar-refractivity contribution in [3.05, 3.63) is 45.9 Å². The topological polar surface area (TPSA) is 70.6 Å². The Labute approximate surface area is 151 Å². The molecule has 2 aromatic heterocycles. The second kappa shape index (κ2) is 5.54. The van der Waals surface area contributed by atoms with Crippen molar-refractivity contribution in [2.75, 3.05) is 30.2 Å². The lowest BCUT2D eigenvalue weighted by molar-refractivity contribution is 0.0788. The van der Waals surface area contributed by atoms with Crippen LogP contribution in [0.25, 0.3) is 0 Å². The quantitative estimate of drug-likeness (QED) is 0.803. The average molecular weight is 377 g/mol. The highest BCUT2D eigenvalue weighted by molar-refractivity contribution is 7.92. The highest BCUT2D eigenvalue weighted by Gasteiger charge is 2.51. The molecular weight excluding hydrogens is 358 g/mol. The number of anilines is 1. The second-order valence-electron chi connectivity index (χ2n) is 6.83. The highest BCUT2D eigenvalue weighted by atomic mass is 32.2. The van der Waals surface area contributed by atoms with E-state index in [1.807, 2.05) is 23.3 Å². The average Bonchev–Trinajstić information content (AvgIpc) is 3.26. The van der Waals surface area contributed by atoms with Crippen LogP contribution in [0.15, 0.2) is 29.8 Å². The molecule has 4 rings (SSSR count). The van der Waals surface area contributed by atoms with E-state index < -0.39 is 15.4 Å². The smallest absolute Gasteiger partial charge is 0.264 e. The van der Waals surface area contributed by atoms with E-state index >= 15 is 0 Å². The number of carbonyl (C=O) groups excluding carboxylic acids is 1. The predicted octanol–water partition coefficient (Wildman–Crippen LogP) is 2.02. The van der Waals surface area contributed by atoms with Gasteiger partial charge in [-0.3, -0.25) is 14.1 Å². The van der Waals surface area contributed by atoms with Crippen molar-refractivity contribution < 1.29 is 13.2 Å². The number of aromatic nitrogens is 1. The van der Waals surface area contributed by atoms with E-state index in [0.29, 0.717) is 25.3 Å². The number of fused-ring (bicyclic) bond motifs is 2. The van der Waals surface area contributed by atoms with Gasteiger partial charge in [0.05, 0.1) is 27.9 Å². The monoisotopic (exact) mass is 377 g/mol. The number of hydrogen-bond donors (Lipinski definition) is 0. The van der Waals surface area contributed by atoms with Gasteiger partial charge in [0.15, 0.2) is 0 Å². The number of likely N-dealkylation sites (tertiary alicyclic amines) is 1. The van der Waals surface area contributed by atoms with Gasteiger partial charge in [-0.25, -0.2) is 8.42 Å². The molecule has 6 nitrogen and oxygen atoms in total. The number of sulfonamides is 1. The molecule has 4 heterocycles. The number of rotatable bonds is 2. The van der Waals surface area contributed by atoms with Crippen molar-refractivity contribution in [1.29, 1.82) is 0 Å². The molecule has 0 bridgehead atoms. The zero-order valence-corrected chi connectivity index (χ0v) is 15.7. The summed E-state index contributed by atoms with van der Waals surface area (Å²) in [6.07, 6.45) is 3.63. The molecular formula is C17H19N3O3S2. The maximum atomic E-state index is 12.8. The Bertz CT molecular complexity index is 954. The van der Waals surface area contributed by atoms with Gasteiger partial charge < -0.3 is 4.90 Å². The van der Waals surface area contributed by atoms with Crippen molar-refractivity contribution in [2.24, 2.45) is 0 Å². The maximum absolute atomic E-state index is 12.8. The van der Waals surface area contributed by atoms with Crippen molar-refractivity contribution in [3.8, 4) is 0 Å². The molecule has 2 aliphatic rings. The lowest BCUT2D eigenvalue weighted by Gasteiger charge is -2.24. The number of carbonyl (C=O) groups is 1. The Morgan fingerprint density at radius 2 is 2.12 bits per heavy atom. The Kier molecular flexibility index (Phi) is 3.66. The van der Waals surface area contributed by atoms with Crippen LogP contribution in [0.2, 0.25) is 0 Å². The molecule has 1 amide bonds. The van der Waals surface area contributed by atoms with Gasteiger partial charge in [-0.2, -0.15) is 0 Å². The summed E-state index contributed by atoms with van der Waals surface area (Å²) in [6, 6.07) is 5.50. The molecule has 2 aliphatic heterocycles. The Balaban J connectivity index is 1.68. The summed E-state index contributed by atoms with van der Waals surface area (Å²) in [7, 11) is -3.38. The van der Waals surface area contributed by atoms with Crippen LogP contribution in [0, 0.1) is 6.92 Å². The van der Waals surface area contributed by atoms with E-state index in [9.17, 15) is 13.2 Å². The minimum atomic E-state index is -3.38. The number of thiophene rings is 1. The minimum absolute atomic E-state index is 0.0275. The SMILES string of the molecule is Cc1ccsc1C(=O)N1CCC2(C1)CN(S(C)(=O)=O)c1cccnc12. The minimum Gasteiger partial charge on any atom is -0.337 e. The molecule has 25 heavy (non-hydrogen) atoms. The summed E-state index contributed by atoms with van der Waals surface area (Å²) in [4.78, 5) is 19.9. The fourth-order valence-corrected chi connectivity index (χ4v) is 5.72. The Morgan fingerprint density at radius 3 is 2.80 bits per heavy atom. The fourth-order valence-electron chi connectivity index (χ4n) is 3.84. The highest BCUT2D eigenvalue weighted by Crippen LogP contribution is 2.46. The molecule has 0 aromatic carbocycles.